The topological polar surface area (TPSA) is 68.5 Å². The van der Waals surface area contributed by atoms with Crippen molar-refractivity contribution in [3.63, 3.8) is 0 Å². The van der Waals surface area contributed by atoms with Gasteiger partial charge < -0.3 is 5.32 Å². The van der Waals surface area contributed by atoms with Crippen molar-refractivity contribution >= 4 is 17.5 Å². The quantitative estimate of drug-likeness (QED) is 0.779. The van der Waals surface area contributed by atoms with Crippen LogP contribution in [0.2, 0.25) is 5.02 Å². The van der Waals surface area contributed by atoms with E-state index in [-0.39, 0.29) is 0 Å². The summed E-state index contributed by atoms with van der Waals surface area (Å²) in [5.41, 5.74) is 1.90. The average molecular weight is 329 g/mol. The molecule has 0 aliphatic heterocycles. The number of hydrogen-bond donors (Lipinski definition) is 1. The summed E-state index contributed by atoms with van der Waals surface area (Å²) in [5, 5.41) is 8.18. The maximum Gasteiger partial charge on any atom is 0.222 e. The van der Waals surface area contributed by atoms with Gasteiger partial charge in [0.05, 0.1) is 12.1 Å². The lowest BCUT2D eigenvalue weighted by molar-refractivity contribution is 0.680. The zero-order valence-corrected chi connectivity index (χ0v) is 13.7. The molecule has 0 unspecified atom stereocenters. The minimum absolute atomic E-state index is 0.574. The molecule has 1 aromatic carbocycles. The summed E-state index contributed by atoms with van der Waals surface area (Å²) in [6.07, 6.45) is 4.26. The van der Waals surface area contributed by atoms with E-state index >= 15 is 0 Å². The standard InChI is InChI=1S/C16H17ClN6/c1-3-14-21-15(12-8-19-16(18-2)20-9-12)23(22-14)10-11-5-4-6-13(17)7-11/h4-9H,3,10H2,1-2H3,(H,18,19,20). The first-order valence-electron chi connectivity index (χ1n) is 7.38. The molecule has 118 valence electrons. The molecule has 23 heavy (non-hydrogen) atoms. The smallest absolute Gasteiger partial charge is 0.222 e. The number of aromatic nitrogens is 5. The molecule has 0 atom stereocenters. The molecule has 0 aliphatic carbocycles. The second kappa shape index (κ2) is 6.75. The lowest BCUT2D eigenvalue weighted by atomic mass is 10.2. The first-order valence-corrected chi connectivity index (χ1v) is 7.75. The van der Waals surface area contributed by atoms with Gasteiger partial charge in [0.25, 0.3) is 0 Å². The lowest BCUT2D eigenvalue weighted by Crippen LogP contribution is -2.05. The molecule has 6 nitrogen and oxygen atoms in total. The molecule has 3 aromatic rings. The maximum absolute atomic E-state index is 6.06. The molecule has 0 amide bonds. The predicted molar refractivity (Wildman–Crippen MR) is 90.5 cm³/mol. The minimum Gasteiger partial charge on any atom is -0.357 e. The number of anilines is 1. The predicted octanol–water partition coefficient (Wildman–Crippen LogP) is 3.04. The molecule has 0 saturated carbocycles. The summed E-state index contributed by atoms with van der Waals surface area (Å²) < 4.78 is 1.86. The number of nitrogens with one attached hydrogen (secondary N) is 1. The van der Waals surface area contributed by atoms with Gasteiger partial charge in [-0.3, -0.25) is 0 Å². The Hall–Kier alpha value is -2.47. The molecule has 3 rings (SSSR count). The number of benzene rings is 1. The number of rotatable bonds is 5. The van der Waals surface area contributed by atoms with E-state index in [1.807, 2.05) is 35.9 Å². The van der Waals surface area contributed by atoms with Gasteiger partial charge in [0, 0.05) is 30.9 Å². The van der Waals surface area contributed by atoms with Gasteiger partial charge in [-0.1, -0.05) is 30.7 Å². The van der Waals surface area contributed by atoms with Gasteiger partial charge in [-0.2, -0.15) is 5.10 Å². The summed E-state index contributed by atoms with van der Waals surface area (Å²) in [6, 6.07) is 7.73. The van der Waals surface area contributed by atoms with Crippen LogP contribution in [0.4, 0.5) is 5.95 Å². The summed E-state index contributed by atoms with van der Waals surface area (Å²) >= 11 is 6.06. The third-order valence-electron chi connectivity index (χ3n) is 3.39. The van der Waals surface area contributed by atoms with E-state index in [1.165, 1.54) is 0 Å². The van der Waals surface area contributed by atoms with Crippen molar-refractivity contribution < 1.29 is 0 Å². The molecule has 2 aromatic heterocycles. The Morgan fingerprint density at radius 1 is 1.22 bits per heavy atom. The molecule has 0 saturated heterocycles. The van der Waals surface area contributed by atoms with Crippen LogP contribution in [0.3, 0.4) is 0 Å². The molecule has 0 fully saturated rings. The van der Waals surface area contributed by atoms with Crippen LogP contribution in [0.15, 0.2) is 36.7 Å². The highest BCUT2D eigenvalue weighted by Crippen LogP contribution is 2.19. The van der Waals surface area contributed by atoms with Gasteiger partial charge in [-0.25, -0.2) is 19.6 Å². The molecular weight excluding hydrogens is 312 g/mol. The maximum atomic E-state index is 6.06. The Bertz CT molecular complexity index is 797. The second-order valence-electron chi connectivity index (χ2n) is 5.04. The van der Waals surface area contributed by atoms with Crippen LogP contribution in [-0.2, 0) is 13.0 Å². The molecular formula is C16H17ClN6. The largest absolute Gasteiger partial charge is 0.357 e. The third kappa shape index (κ3) is 3.48. The first-order chi connectivity index (χ1) is 11.2. The van der Waals surface area contributed by atoms with Crippen molar-refractivity contribution in [2.75, 3.05) is 12.4 Å². The third-order valence-corrected chi connectivity index (χ3v) is 3.62. The van der Waals surface area contributed by atoms with E-state index in [9.17, 15) is 0 Å². The van der Waals surface area contributed by atoms with Crippen LogP contribution in [0, 0.1) is 0 Å². The van der Waals surface area contributed by atoms with E-state index in [0.29, 0.717) is 17.5 Å². The average Bonchev–Trinajstić information content (AvgIpc) is 2.98. The fourth-order valence-electron chi connectivity index (χ4n) is 2.24. The van der Waals surface area contributed by atoms with Crippen molar-refractivity contribution in [2.24, 2.45) is 0 Å². The van der Waals surface area contributed by atoms with Crippen LogP contribution in [0.1, 0.15) is 18.3 Å². The molecule has 0 spiro atoms. The number of halogens is 1. The van der Waals surface area contributed by atoms with E-state index in [4.69, 9.17) is 11.6 Å². The minimum atomic E-state index is 0.574. The Labute approximate surface area is 139 Å². The van der Waals surface area contributed by atoms with Crippen LogP contribution >= 0.6 is 11.6 Å². The monoisotopic (exact) mass is 328 g/mol. The highest BCUT2D eigenvalue weighted by Gasteiger charge is 2.13. The first kappa shape index (κ1) is 15.4. The van der Waals surface area contributed by atoms with Gasteiger partial charge in [-0.15, -0.1) is 0 Å². The normalized spacial score (nSPS) is 10.7. The molecule has 0 radical (unpaired) electrons. The molecule has 7 heteroatoms. The summed E-state index contributed by atoms with van der Waals surface area (Å²) in [4.78, 5) is 13.1. The van der Waals surface area contributed by atoms with Gasteiger partial charge in [0.1, 0.15) is 0 Å². The molecule has 2 heterocycles. The Kier molecular flexibility index (Phi) is 4.52. The second-order valence-corrected chi connectivity index (χ2v) is 5.47. The van der Waals surface area contributed by atoms with E-state index in [2.05, 4.69) is 25.4 Å². The SMILES string of the molecule is CCc1nc(-c2cnc(NC)nc2)n(Cc2cccc(Cl)c2)n1. The fourth-order valence-corrected chi connectivity index (χ4v) is 2.46. The number of hydrogen-bond acceptors (Lipinski definition) is 5. The van der Waals surface area contributed by atoms with Gasteiger partial charge >= 0.3 is 0 Å². The van der Waals surface area contributed by atoms with Crippen LogP contribution in [0.5, 0.6) is 0 Å². The fraction of sp³-hybridized carbons (Fsp3) is 0.250. The molecule has 1 N–H and O–H groups in total. The Balaban J connectivity index is 1.97. The highest BCUT2D eigenvalue weighted by molar-refractivity contribution is 6.30. The zero-order valence-electron chi connectivity index (χ0n) is 13.0. The highest BCUT2D eigenvalue weighted by atomic mass is 35.5. The lowest BCUT2D eigenvalue weighted by Gasteiger charge is -2.06. The van der Waals surface area contributed by atoms with E-state index in [0.717, 1.165) is 29.2 Å². The van der Waals surface area contributed by atoms with Crippen molar-refractivity contribution in [1.82, 2.24) is 24.7 Å². The number of nitrogens with zero attached hydrogens (tertiary/aromatic N) is 5. The summed E-state index contributed by atoms with van der Waals surface area (Å²) in [5.74, 6) is 2.12. The van der Waals surface area contributed by atoms with Gasteiger partial charge in [0.2, 0.25) is 5.95 Å². The van der Waals surface area contributed by atoms with Crippen molar-refractivity contribution in [3.8, 4) is 11.4 Å². The Morgan fingerprint density at radius 2 is 2.00 bits per heavy atom. The van der Waals surface area contributed by atoms with Gasteiger partial charge in [0.15, 0.2) is 11.6 Å². The number of aryl methyl sites for hydroxylation is 1. The van der Waals surface area contributed by atoms with Crippen molar-refractivity contribution in [1.29, 1.82) is 0 Å². The molecule has 0 bridgehead atoms. The van der Waals surface area contributed by atoms with Crippen LogP contribution < -0.4 is 5.32 Å². The van der Waals surface area contributed by atoms with Crippen molar-refractivity contribution in [3.05, 3.63) is 53.1 Å². The van der Waals surface area contributed by atoms with Gasteiger partial charge in [-0.05, 0) is 17.7 Å². The van der Waals surface area contributed by atoms with Crippen molar-refractivity contribution in [2.45, 2.75) is 19.9 Å². The van der Waals surface area contributed by atoms with E-state index < -0.39 is 0 Å². The summed E-state index contributed by atoms with van der Waals surface area (Å²) in [7, 11) is 1.78. The Morgan fingerprint density at radius 3 is 2.65 bits per heavy atom. The van der Waals surface area contributed by atoms with E-state index in [1.54, 1.807) is 19.4 Å². The van der Waals surface area contributed by atoms with Crippen LogP contribution in [0.25, 0.3) is 11.4 Å². The zero-order chi connectivity index (χ0) is 16.2. The summed E-state index contributed by atoms with van der Waals surface area (Å²) in [6.45, 7) is 2.63. The molecule has 0 aliphatic rings. The van der Waals surface area contributed by atoms with Crippen LogP contribution in [-0.4, -0.2) is 31.8 Å².